The number of hydrazone groups is 1. The summed E-state index contributed by atoms with van der Waals surface area (Å²) in [4.78, 5) is 6.29. The molecule has 3 heterocycles. The van der Waals surface area contributed by atoms with Gasteiger partial charge in [0.15, 0.2) is 5.84 Å². The number of ether oxygens (including phenoxy) is 1. The Hall–Kier alpha value is -3.29. The molecule has 2 aromatic rings. The summed E-state index contributed by atoms with van der Waals surface area (Å²) in [5.74, 6) is 0.573. The van der Waals surface area contributed by atoms with Crippen molar-refractivity contribution in [1.82, 2.24) is 14.9 Å². The van der Waals surface area contributed by atoms with Crippen LogP contribution in [0.2, 0.25) is 0 Å². The summed E-state index contributed by atoms with van der Waals surface area (Å²) >= 11 is 0. The lowest BCUT2D eigenvalue weighted by Crippen LogP contribution is -2.27. The van der Waals surface area contributed by atoms with E-state index in [-0.39, 0.29) is 5.75 Å². The first-order chi connectivity index (χ1) is 13.0. The number of amidine groups is 1. The molecule has 0 fully saturated rings. The van der Waals surface area contributed by atoms with Gasteiger partial charge in [0.25, 0.3) is 0 Å². The molecular formula is C19H15F3N4O. The van der Waals surface area contributed by atoms with Crippen LogP contribution in [-0.4, -0.2) is 33.8 Å². The summed E-state index contributed by atoms with van der Waals surface area (Å²) in [5.41, 5.74) is 2.60. The van der Waals surface area contributed by atoms with Crippen LogP contribution in [0.5, 0.6) is 5.75 Å². The fourth-order valence-corrected chi connectivity index (χ4v) is 2.88. The Bertz CT molecular complexity index is 905. The van der Waals surface area contributed by atoms with Gasteiger partial charge in [-0.05, 0) is 47.6 Å². The van der Waals surface area contributed by atoms with Crippen LogP contribution in [0.3, 0.4) is 0 Å². The Balaban J connectivity index is 1.45. The molecule has 2 aliphatic heterocycles. The number of hydrogen-bond acceptors (Lipinski definition) is 5. The molecule has 0 saturated carbocycles. The lowest BCUT2D eigenvalue weighted by molar-refractivity contribution is -0.274. The minimum Gasteiger partial charge on any atom is -0.406 e. The van der Waals surface area contributed by atoms with Crippen molar-refractivity contribution in [2.75, 3.05) is 6.67 Å². The third-order valence-corrected chi connectivity index (χ3v) is 4.05. The molecule has 0 N–H and O–H groups in total. The topological polar surface area (TPSA) is 41.0 Å². The molecule has 8 heteroatoms. The summed E-state index contributed by atoms with van der Waals surface area (Å²) in [7, 11) is 0. The second-order valence-corrected chi connectivity index (χ2v) is 6.05. The molecule has 1 aromatic heterocycles. The Morgan fingerprint density at radius 1 is 1.04 bits per heavy atom. The van der Waals surface area contributed by atoms with E-state index in [2.05, 4.69) is 14.8 Å². The molecule has 0 aliphatic carbocycles. The van der Waals surface area contributed by atoms with E-state index in [9.17, 15) is 13.2 Å². The first kappa shape index (κ1) is 17.1. The molecule has 138 valence electrons. The number of nitrogens with zero attached hydrogens (tertiary/aromatic N) is 4. The molecule has 4 rings (SSSR count). The summed E-state index contributed by atoms with van der Waals surface area (Å²) < 4.78 is 40.7. The highest BCUT2D eigenvalue weighted by atomic mass is 19.4. The molecule has 1 aromatic carbocycles. The van der Waals surface area contributed by atoms with Crippen molar-refractivity contribution < 1.29 is 17.9 Å². The van der Waals surface area contributed by atoms with Crippen molar-refractivity contribution in [1.29, 1.82) is 0 Å². The molecule has 0 unspecified atom stereocenters. The van der Waals surface area contributed by atoms with Crippen molar-refractivity contribution >= 4 is 11.4 Å². The van der Waals surface area contributed by atoms with Crippen LogP contribution in [0.15, 0.2) is 72.1 Å². The number of allylic oxidation sites excluding steroid dienone is 2. The number of fused-ring (bicyclic) bond motifs is 1. The number of rotatable bonds is 4. The Kier molecular flexibility index (Phi) is 4.31. The van der Waals surface area contributed by atoms with Crippen LogP contribution < -0.4 is 4.74 Å². The number of alkyl halides is 3. The molecule has 0 atom stereocenters. The van der Waals surface area contributed by atoms with Crippen molar-refractivity contribution in [2.45, 2.75) is 12.9 Å². The maximum absolute atomic E-state index is 12.3. The average molecular weight is 372 g/mol. The summed E-state index contributed by atoms with van der Waals surface area (Å²) in [6.07, 6.45) is 2.75. The second kappa shape index (κ2) is 6.79. The largest absolute Gasteiger partial charge is 0.573 e. The van der Waals surface area contributed by atoms with Crippen molar-refractivity contribution in [3.63, 3.8) is 0 Å². The zero-order valence-corrected chi connectivity index (χ0v) is 14.1. The lowest BCUT2D eigenvalue weighted by atomic mass is 10.0. The molecule has 2 aliphatic rings. The van der Waals surface area contributed by atoms with Crippen LogP contribution in [0, 0.1) is 0 Å². The van der Waals surface area contributed by atoms with Gasteiger partial charge in [0.1, 0.15) is 12.4 Å². The number of halogens is 3. The van der Waals surface area contributed by atoms with E-state index >= 15 is 0 Å². The minimum absolute atomic E-state index is 0.239. The smallest absolute Gasteiger partial charge is 0.406 e. The van der Waals surface area contributed by atoms with Gasteiger partial charge in [0.05, 0.1) is 12.2 Å². The zero-order chi connectivity index (χ0) is 18.9. The van der Waals surface area contributed by atoms with Gasteiger partial charge < -0.3 is 9.64 Å². The third kappa shape index (κ3) is 4.11. The first-order valence-electron chi connectivity index (χ1n) is 8.22. The van der Waals surface area contributed by atoms with Gasteiger partial charge in [-0.2, -0.15) is 5.10 Å². The molecule has 0 bridgehead atoms. The van der Waals surface area contributed by atoms with Gasteiger partial charge in [0.2, 0.25) is 0 Å². The monoisotopic (exact) mass is 372 g/mol. The van der Waals surface area contributed by atoms with E-state index < -0.39 is 6.36 Å². The summed E-state index contributed by atoms with van der Waals surface area (Å²) in [5, 5.41) is 6.45. The van der Waals surface area contributed by atoms with Gasteiger partial charge in [0, 0.05) is 12.4 Å². The Morgan fingerprint density at radius 2 is 1.85 bits per heavy atom. The van der Waals surface area contributed by atoms with E-state index in [1.807, 2.05) is 46.5 Å². The molecular weight excluding hydrogens is 357 g/mol. The van der Waals surface area contributed by atoms with Crippen LogP contribution in [0.4, 0.5) is 13.2 Å². The lowest BCUT2D eigenvalue weighted by Gasteiger charge is -2.20. The van der Waals surface area contributed by atoms with Gasteiger partial charge in [-0.1, -0.05) is 18.2 Å². The predicted molar refractivity (Wildman–Crippen MR) is 94.2 cm³/mol. The van der Waals surface area contributed by atoms with E-state index in [4.69, 9.17) is 0 Å². The van der Waals surface area contributed by atoms with Gasteiger partial charge in [-0.25, -0.2) is 0 Å². The van der Waals surface area contributed by atoms with Crippen molar-refractivity contribution in [2.24, 2.45) is 5.10 Å². The number of benzene rings is 1. The Morgan fingerprint density at radius 3 is 2.56 bits per heavy atom. The van der Waals surface area contributed by atoms with Crippen LogP contribution in [-0.2, 0) is 6.54 Å². The quantitative estimate of drug-likeness (QED) is 0.814. The highest BCUT2D eigenvalue weighted by Crippen LogP contribution is 2.28. The summed E-state index contributed by atoms with van der Waals surface area (Å²) in [6, 6.07) is 11.5. The molecule has 0 radical (unpaired) electrons. The van der Waals surface area contributed by atoms with E-state index in [1.54, 1.807) is 18.3 Å². The molecule has 0 spiro atoms. The zero-order valence-electron chi connectivity index (χ0n) is 14.1. The fourth-order valence-electron chi connectivity index (χ4n) is 2.88. The molecule has 0 amide bonds. The molecule has 0 saturated heterocycles. The second-order valence-electron chi connectivity index (χ2n) is 6.05. The van der Waals surface area contributed by atoms with Crippen LogP contribution in [0.1, 0.15) is 11.3 Å². The van der Waals surface area contributed by atoms with Gasteiger partial charge in [-0.15, -0.1) is 13.2 Å². The third-order valence-electron chi connectivity index (χ3n) is 4.05. The average Bonchev–Trinajstić information content (AvgIpc) is 3.03. The highest BCUT2D eigenvalue weighted by Gasteiger charge is 2.31. The van der Waals surface area contributed by atoms with Crippen molar-refractivity contribution in [3.05, 3.63) is 78.3 Å². The number of pyridine rings is 1. The van der Waals surface area contributed by atoms with Gasteiger partial charge in [-0.3, -0.25) is 9.99 Å². The maximum Gasteiger partial charge on any atom is 0.573 e. The normalized spacial score (nSPS) is 16.1. The first-order valence-corrected chi connectivity index (χ1v) is 8.22. The molecule has 5 nitrogen and oxygen atoms in total. The van der Waals surface area contributed by atoms with E-state index in [1.165, 1.54) is 12.1 Å². The SMILES string of the molecule is FC(F)(F)Oc1ccc(C2=CN3CN(Cc4ccccn4)N=C3C=C2)cc1. The standard InChI is InChI=1S/C19H15F3N4O/c20-19(21,22)27-17-7-4-14(5-8-17)15-6-9-18-24-26(13-25(18)11-15)12-16-3-1-2-10-23-16/h1-11H,12-13H2. The summed E-state index contributed by atoms with van der Waals surface area (Å²) in [6.45, 7) is 1.18. The highest BCUT2D eigenvalue weighted by molar-refractivity contribution is 6.00. The number of aromatic nitrogens is 1. The molecule has 27 heavy (non-hydrogen) atoms. The van der Waals surface area contributed by atoms with Crippen LogP contribution >= 0.6 is 0 Å². The maximum atomic E-state index is 12.3. The Labute approximate surface area is 153 Å². The van der Waals surface area contributed by atoms with E-state index in [0.29, 0.717) is 13.2 Å². The van der Waals surface area contributed by atoms with Crippen molar-refractivity contribution in [3.8, 4) is 5.75 Å². The fraction of sp³-hybridized carbons (Fsp3) is 0.158. The van der Waals surface area contributed by atoms with Crippen LogP contribution in [0.25, 0.3) is 5.57 Å². The minimum atomic E-state index is -4.69. The number of hydrogen-bond donors (Lipinski definition) is 0. The van der Waals surface area contributed by atoms with Gasteiger partial charge >= 0.3 is 6.36 Å². The predicted octanol–water partition coefficient (Wildman–Crippen LogP) is 3.98. The van der Waals surface area contributed by atoms with E-state index in [0.717, 1.165) is 22.7 Å².